The van der Waals surface area contributed by atoms with Crippen molar-refractivity contribution in [2.75, 3.05) is 12.4 Å². The first-order valence-corrected chi connectivity index (χ1v) is 7.04. The molecule has 5 nitrogen and oxygen atoms in total. The zero-order valence-corrected chi connectivity index (χ0v) is 13.0. The fourth-order valence-electron chi connectivity index (χ4n) is 1.56. The van der Waals surface area contributed by atoms with E-state index in [1.54, 1.807) is 19.4 Å². The number of pyridine rings is 1. The van der Waals surface area contributed by atoms with Crippen molar-refractivity contribution >= 4 is 34.3 Å². The van der Waals surface area contributed by atoms with Gasteiger partial charge in [0, 0.05) is 28.1 Å². The maximum Gasteiger partial charge on any atom is 0.319 e. The van der Waals surface area contributed by atoms with E-state index in [0.29, 0.717) is 12.4 Å². The van der Waals surface area contributed by atoms with E-state index in [4.69, 9.17) is 4.74 Å². The van der Waals surface area contributed by atoms with Crippen LogP contribution in [0, 0.1) is 3.57 Å². The summed E-state index contributed by atoms with van der Waals surface area (Å²) in [4.78, 5) is 15.8. The van der Waals surface area contributed by atoms with Crippen LogP contribution in [-0.2, 0) is 6.54 Å². The van der Waals surface area contributed by atoms with Crippen molar-refractivity contribution in [3.8, 4) is 5.88 Å². The van der Waals surface area contributed by atoms with Gasteiger partial charge in [-0.15, -0.1) is 0 Å². The van der Waals surface area contributed by atoms with Crippen molar-refractivity contribution in [3.05, 3.63) is 51.7 Å². The van der Waals surface area contributed by atoms with Crippen molar-refractivity contribution in [3.63, 3.8) is 0 Å². The molecule has 104 valence electrons. The van der Waals surface area contributed by atoms with Crippen LogP contribution in [-0.4, -0.2) is 18.1 Å². The standard InChI is InChI=1S/C14H14IN3O2/c1-20-13-8-10(6-7-16-13)9-17-14(19)18-12-4-2-11(15)3-5-12/h2-8H,9H2,1H3,(H2,17,18,19). The predicted octanol–water partition coefficient (Wildman–Crippen LogP) is 3.02. The molecule has 1 heterocycles. The van der Waals surface area contributed by atoms with E-state index in [1.807, 2.05) is 30.3 Å². The Balaban J connectivity index is 1.87. The molecule has 0 spiro atoms. The van der Waals surface area contributed by atoms with Crippen LogP contribution in [0.25, 0.3) is 0 Å². The number of anilines is 1. The summed E-state index contributed by atoms with van der Waals surface area (Å²) in [6, 6.07) is 10.9. The Labute approximate surface area is 130 Å². The van der Waals surface area contributed by atoms with E-state index in [9.17, 15) is 4.79 Å². The molecule has 2 amide bonds. The van der Waals surface area contributed by atoms with Crippen molar-refractivity contribution in [1.82, 2.24) is 10.3 Å². The van der Waals surface area contributed by atoms with E-state index in [1.165, 1.54) is 0 Å². The number of halogens is 1. The number of amides is 2. The average Bonchev–Trinajstić information content (AvgIpc) is 2.48. The Morgan fingerprint density at radius 2 is 2.05 bits per heavy atom. The second-order valence-electron chi connectivity index (χ2n) is 4.02. The van der Waals surface area contributed by atoms with E-state index in [2.05, 4.69) is 38.2 Å². The van der Waals surface area contributed by atoms with Gasteiger partial charge in [0.25, 0.3) is 0 Å². The number of carbonyl (C=O) groups excluding carboxylic acids is 1. The highest BCUT2D eigenvalue weighted by atomic mass is 127. The molecule has 6 heteroatoms. The lowest BCUT2D eigenvalue weighted by Crippen LogP contribution is -2.28. The Morgan fingerprint density at radius 3 is 2.75 bits per heavy atom. The molecule has 2 rings (SSSR count). The minimum atomic E-state index is -0.248. The third-order valence-electron chi connectivity index (χ3n) is 2.56. The molecule has 0 fully saturated rings. The summed E-state index contributed by atoms with van der Waals surface area (Å²) in [7, 11) is 1.56. The average molecular weight is 383 g/mol. The molecule has 1 aromatic heterocycles. The molecule has 0 bridgehead atoms. The van der Waals surface area contributed by atoms with E-state index in [-0.39, 0.29) is 6.03 Å². The lowest BCUT2D eigenvalue weighted by Gasteiger charge is -2.08. The number of aromatic nitrogens is 1. The molecule has 0 saturated heterocycles. The Hall–Kier alpha value is -1.83. The molecule has 20 heavy (non-hydrogen) atoms. The van der Waals surface area contributed by atoms with Crippen LogP contribution in [0.15, 0.2) is 42.6 Å². The maximum absolute atomic E-state index is 11.8. The number of urea groups is 1. The second-order valence-corrected chi connectivity index (χ2v) is 5.27. The van der Waals surface area contributed by atoms with Crippen LogP contribution in [0.4, 0.5) is 10.5 Å². The van der Waals surface area contributed by atoms with Gasteiger partial charge in [-0.25, -0.2) is 9.78 Å². The molecule has 0 saturated carbocycles. The highest BCUT2D eigenvalue weighted by molar-refractivity contribution is 14.1. The first kappa shape index (κ1) is 14.6. The Morgan fingerprint density at radius 1 is 1.30 bits per heavy atom. The number of rotatable bonds is 4. The van der Waals surface area contributed by atoms with Crippen molar-refractivity contribution in [2.24, 2.45) is 0 Å². The summed E-state index contributed by atoms with van der Waals surface area (Å²) in [6.07, 6.45) is 1.65. The number of nitrogens with zero attached hydrogens (tertiary/aromatic N) is 1. The molecule has 0 aliphatic carbocycles. The smallest absolute Gasteiger partial charge is 0.319 e. The highest BCUT2D eigenvalue weighted by Crippen LogP contribution is 2.11. The van der Waals surface area contributed by atoms with Crippen molar-refractivity contribution in [2.45, 2.75) is 6.54 Å². The zero-order valence-electron chi connectivity index (χ0n) is 10.9. The number of hydrogen-bond acceptors (Lipinski definition) is 3. The van der Waals surface area contributed by atoms with Crippen LogP contribution in [0.3, 0.4) is 0 Å². The van der Waals surface area contributed by atoms with E-state index < -0.39 is 0 Å². The largest absolute Gasteiger partial charge is 0.481 e. The van der Waals surface area contributed by atoms with Gasteiger partial charge in [0.2, 0.25) is 5.88 Å². The molecule has 0 unspecified atom stereocenters. The summed E-state index contributed by atoms with van der Waals surface area (Å²) < 4.78 is 6.15. The number of ether oxygens (including phenoxy) is 1. The first-order chi connectivity index (χ1) is 9.67. The van der Waals surface area contributed by atoms with E-state index >= 15 is 0 Å². The normalized spacial score (nSPS) is 9.90. The fourth-order valence-corrected chi connectivity index (χ4v) is 1.92. The number of hydrogen-bond donors (Lipinski definition) is 2. The third kappa shape index (κ3) is 4.37. The molecule has 2 N–H and O–H groups in total. The second kappa shape index (κ2) is 7.09. The topological polar surface area (TPSA) is 63.2 Å². The Bertz CT molecular complexity index is 587. The van der Waals surface area contributed by atoms with Crippen LogP contribution < -0.4 is 15.4 Å². The Kier molecular flexibility index (Phi) is 5.16. The molecule has 0 aliphatic rings. The van der Waals surface area contributed by atoms with E-state index in [0.717, 1.165) is 14.8 Å². The number of carbonyl (C=O) groups is 1. The van der Waals surface area contributed by atoms with Crippen molar-refractivity contribution < 1.29 is 9.53 Å². The summed E-state index contributed by atoms with van der Waals surface area (Å²) in [5.74, 6) is 0.530. The van der Waals surface area contributed by atoms with Gasteiger partial charge >= 0.3 is 6.03 Å². The van der Waals surface area contributed by atoms with Crippen molar-refractivity contribution in [1.29, 1.82) is 0 Å². The molecule has 0 aliphatic heterocycles. The molecule has 2 aromatic rings. The van der Waals surface area contributed by atoms with Crippen LogP contribution in [0.1, 0.15) is 5.56 Å². The van der Waals surface area contributed by atoms with Gasteiger partial charge in [0.1, 0.15) is 0 Å². The first-order valence-electron chi connectivity index (χ1n) is 5.97. The summed E-state index contributed by atoms with van der Waals surface area (Å²) in [6.45, 7) is 0.412. The minimum Gasteiger partial charge on any atom is -0.481 e. The van der Waals surface area contributed by atoms with Gasteiger partial charge in [-0.2, -0.15) is 0 Å². The number of benzene rings is 1. The SMILES string of the molecule is COc1cc(CNC(=O)Nc2ccc(I)cc2)ccn1. The highest BCUT2D eigenvalue weighted by Gasteiger charge is 2.02. The third-order valence-corrected chi connectivity index (χ3v) is 3.28. The number of nitrogens with one attached hydrogen (secondary N) is 2. The summed E-state index contributed by atoms with van der Waals surface area (Å²) >= 11 is 2.22. The van der Waals surface area contributed by atoms with Crippen LogP contribution in [0.5, 0.6) is 5.88 Å². The molecular formula is C14H14IN3O2. The quantitative estimate of drug-likeness (QED) is 0.798. The van der Waals surface area contributed by atoms with Gasteiger partial charge in [-0.05, 0) is 58.5 Å². The van der Waals surface area contributed by atoms with Gasteiger partial charge in [0.05, 0.1) is 7.11 Å². The molecular weight excluding hydrogens is 369 g/mol. The number of methoxy groups -OCH3 is 1. The molecule has 0 radical (unpaired) electrons. The maximum atomic E-state index is 11.8. The van der Waals surface area contributed by atoms with Gasteiger partial charge in [-0.3, -0.25) is 0 Å². The molecule has 1 aromatic carbocycles. The van der Waals surface area contributed by atoms with Gasteiger partial charge < -0.3 is 15.4 Å². The molecule has 0 atom stereocenters. The minimum absolute atomic E-state index is 0.248. The fraction of sp³-hybridized carbons (Fsp3) is 0.143. The summed E-state index contributed by atoms with van der Waals surface area (Å²) in [5, 5.41) is 5.55. The van der Waals surface area contributed by atoms with Crippen LogP contribution in [0.2, 0.25) is 0 Å². The van der Waals surface area contributed by atoms with Crippen LogP contribution >= 0.6 is 22.6 Å². The van der Waals surface area contributed by atoms with Gasteiger partial charge in [-0.1, -0.05) is 0 Å². The predicted molar refractivity (Wildman–Crippen MR) is 85.8 cm³/mol. The monoisotopic (exact) mass is 383 g/mol. The lowest BCUT2D eigenvalue weighted by atomic mass is 10.2. The van der Waals surface area contributed by atoms with Gasteiger partial charge in [0.15, 0.2) is 0 Å². The lowest BCUT2D eigenvalue weighted by molar-refractivity contribution is 0.251. The summed E-state index contributed by atoms with van der Waals surface area (Å²) in [5.41, 5.74) is 1.69. The zero-order chi connectivity index (χ0) is 14.4.